The summed E-state index contributed by atoms with van der Waals surface area (Å²) in [7, 11) is 0. The number of nitrogens with one attached hydrogen (secondary N) is 1. The lowest BCUT2D eigenvalue weighted by molar-refractivity contribution is -0.135. The van der Waals surface area contributed by atoms with Crippen molar-refractivity contribution in [1.29, 1.82) is 0 Å². The summed E-state index contributed by atoms with van der Waals surface area (Å²) in [5, 5.41) is 5.29. The first kappa shape index (κ1) is 19.6. The molecule has 1 aromatic heterocycles. The van der Waals surface area contributed by atoms with Crippen LogP contribution in [0, 0.1) is 5.92 Å². The van der Waals surface area contributed by atoms with Crippen LogP contribution in [0.15, 0.2) is 41.8 Å². The molecule has 0 bridgehead atoms. The van der Waals surface area contributed by atoms with Crippen LogP contribution in [0.25, 0.3) is 0 Å². The van der Waals surface area contributed by atoms with E-state index in [2.05, 4.69) is 42.6 Å². The Morgan fingerprint density at radius 3 is 2.63 bits per heavy atom. The van der Waals surface area contributed by atoms with Crippen molar-refractivity contribution in [1.82, 2.24) is 10.2 Å². The minimum atomic E-state index is -0.138. The van der Waals surface area contributed by atoms with E-state index in [1.807, 2.05) is 23.3 Å². The molecule has 2 amide bonds. The van der Waals surface area contributed by atoms with Crippen molar-refractivity contribution in [3.8, 4) is 0 Å². The Morgan fingerprint density at radius 2 is 2.00 bits per heavy atom. The summed E-state index contributed by atoms with van der Waals surface area (Å²) >= 11 is 1.65. The molecular weight excluding hydrogens is 356 g/mol. The van der Waals surface area contributed by atoms with E-state index in [1.54, 1.807) is 11.3 Å². The van der Waals surface area contributed by atoms with E-state index in [-0.39, 0.29) is 23.8 Å². The standard InChI is InChI=1S/C22H28N2O2S/c1-3-16-9-11-17(12-10-16)21(19-8-6-14-27-19)23-22(26)18-7-5-13-24(15-18)20(25)4-2/h6,8-12,14,18,21H,3-5,7,13,15H2,1-2H3,(H,23,26). The lowest BCUT2D eigenvalue weighted by atomic mass is 9.95. The van der Waals surface area contributed by atoms with Gasteiger partial charge in [0.15, 0.2) is 0 Å². The first-order valence-electron chi connectivity index (χ1n) is 9.82. The first-order valence-corrected chi connectivity index (χ1v) is 10.7. The number of aryl methyl sites for hydroxylation is 1. The van der Waals surface area contributed by atoms with E-state index in [0.717, 1.165) is 36.2 Å². The smallest absolute Gasteiger partial charge is 0.225 e. The lowest BCUT2D eigenvalue weighted by Crippen LogP contribution is -2.46. The zero-order chi connectivity index (χ0) is 19.2. The Balaban J connectivity index is 1.75. The number of piperidine rings is 1. The van der Waals surface area contributed by atoms with Gasteiger partial charge in [0, 0.05) is 24.4 Å². The van der Waals surface area contributed by atoms with E-state index in [0.29, 0.717) is 13.0 Å². The number of amides is 2. The molecule has 1 saturated heterocycles. The molecule has 2 atom stereocenters. The van der Waals surface area contributed by atoms with Crippen molar-refractivity contribution in [2.75, 3.05) is 13.1 Å². The molecule has 1 aliphatic rings. The second kappa shape index (κ2) is 9.18. The monoisotopic (exact) mass is 384 g/mol. The predicted molar refractivity (Wildman–Crippen MR) is 110 cm³/mol. The van der Waals surface area contributed by atoms with Crippen molar-refractivity contribution < 1.29 is 9.59 Å². The molecule has 1 N–H and O–H groups in total. The summed E-state index contributed by atoms with van der Waals surface area (Å²) in [5.74, 6) is 0.0469. The van der Waals surface area contributed by atoms with Gasteiger partial charge in [-0.25, -0.2) is 0 Å². The highest BCUT2D eigenvalue weighted by Crippen LogP contribution is 2.28. The largest absolute Gasteiger partial charge is 0.344 e. The van der Waals surface area contributed by atoms with Crippen molar-refractivity contribution in [3.63, 3.8) is 0 Å². The van der Waals surface area contributed by atoms with Gasteiger partial charge in [-0.3, -0.25) is 9.59 Å². The number of carbonyl (C=O) groups excluding carboxylic acids is 2. The topological polar surface area (TPSA) is 49.4 Å². The zero-order valence-corrected chi connectivity index (χ0v) is 16.9. The summed E-state index contributed by atoms with van der Waals surface area (Å²) in [5.41, 5.74) is 2.39. The molecule has 1 aromatic carbocycles. The van der Waals surface area contributed by atoms with Gasteiger partial charge in [0.1, 0.15) is 0 Å². The molecule has 0 saturated carbocycles. The van der Waals surface area contributed by atoms with E-state index in [4.69, 9.17) is 0 Å². The highest BCUT2D eigenvalue weighted by atomic mass is 32.1. The highest BCUT2D eigenvalue weighted by Gasteiger charge is 2.29. The Kier molecular flexibility index (Phi) is 6.67. The molecule has 0 spiro atoms. The van der Waals surface area contributed by atoms with E-state index < -0.39 is 0 Å². The van der Waals surface area contributed by atoms with Gasteiger partial charge in [0.25, 0.3) is 0 Å². The lowest BCUT2D eigenvalue weighted by Gasteiger charge is -2.33. The second-order valence-corrected chi connectivity index (χ2v) is 8.06. The highest BCUT2D eigenvalue weighted by molar-refractivity contribution is 7.10. The molecule has 5 heteroatoms. The third-order valence-electron chi connectivity index (χ3n) is 5.28. The van der Waals surface area contributed by atoms with Crippen LogP contribution in [0.4, 0.5) is 0 Å². The van der Waals surface area contributed by atoms with E-state index in [1.165, 1.54) is 5.56 Å². The van der Waals surface area contributed by atoms with Gasteiger partial charge in [-0.05, 0) is 41.8 Å². The second-order valence-electron chi connectivity index (χ2n) is 7.08. The number of rotatable bonds is 6. The fraction of sp³-hybridized carbons (Fsp3) is 0.455. The number of hydrogen-bond acceptors (Lipinski definition) is 3. The molecule has 3 rings (SSSR count). The average molecular weight is 385 g/mol. The molecule has 2 unspecified atom stereocenters. The third kappa shape index (κ3) is 4.78. The average Bonchev–Trinajstić information content (AvgIpc) is 3.26. The molecule has 1 aliphatic heterocycles. The SMILES string of the molecule is CCC(=O)N1CCCC(C(=O)NC(c2ccc(CC)cc2)c2cccs2)C1. The number of nitrogens with zero attached hydrogens (tertiary/aromatic N) is 1. The molecule has 4 nitrogen and oxygen atoms in total. The van der Waals surface area contributed by atoms with Crippen LogP contribution in [-0.2, 0) is 16.0 Å². The first-order chi connectivity index (χ1) is 13.1. The molecule has 1 fully saturated rings. The number of benzene rings is 1. The summed E-state index contributed by atoms with van der Waals surface area (Å²) in [6, 6.07) is 12.4. The number of thiophene rings is 1. The minimum absolute atomic E-state index is 0.0431. The van der Waals surface area contributed by atoms with Gasteiger partial charge in [0.05, 0.1) is 12.0 Å². The van der Waals surface area contributed by atoms with Crippen LogP contribution >= 0.6 is 11.3 Å². The van der Waals surface area contributed by atoms with Gasteiger partial charge in [0.2, 0.25) is 11.8 Å². The van der Waals surface area contributed by atoms with Crippen molar-refractivity contribution >= 4 is 23.2 Å². The Bertz CT molecular complexity index is 755. The summed E-state index contributed by atoms with van der Waals surface area (Å²) in [6.45, 7) is 5.31. The summed E-state index contributed by atoms with van der Waals surface area (Å²) < 4.78 is 0. The van der Waals surface area contributed by atoms with Crippen LogP contribution in [0.3, 0.4) is 0 Å². The van der Waals surface area contributed by atoms with Crippen molar-refractivity contribution in [3.05, 3.63) is 57.8 Å². The maximum absolute atomic E-state index is 13.0. The molecule has 144 valence electrons. The number of hydrogen-bond donors (Lipinski definition) is 1. The van der Waals surface area contributed by atoms with Gasteiger partial charge < -0.3 is 10.2 Å². The van der Waals surface area contributed by atoms with Crippen molar-refractivity contribution in [2.45, 2.75) is 45.6 Å². The van der Waals surface area contributed by atoms with Crippen LogP contribution in [-0.4, -0.2) is 29.8 Å². The van der Waals surface area contributed by atoms with Crippen LogP contribution in [0.2, 0.25) is 0 Å². The van der Waals surface area contributed by atoms with Crippen molar-refractivity contribution in [2.24, 2.45) is 5.92 Å². The van der Waals surface area contributed by atoms with E-state index >= 15 is 0 Å². The maximum Gasteiger partial charge on any atom is 0.225 e. The third-order valence-corrected chi connectivity index (χ3v) is 6.22. The van der Waals surface area contributed by atoms with Crippen LogP contribution in [0.1, 0.15) is 55.2 Å². The summed E-state index contributed by atoms with van der Waals surface area (Å²) in [4.78, 5) is 28.0. The van der Waals surface area contributed by atoms with Gasteiger partial charge in [-0.1, -0.05) is 44.2 Å². The molecular formula is C22H28N2O2S. The fourth-order valence-corrected chi connectivity index (χ4v) is 4.42. The number of likely N-dealkylation sites (tertiary alicyclic amines) is 1. The molecule has 2 heterocycles. The van der Waals surface area contributed by atoms with Gasteiger partial charge in [-0.2, -0.15) is 0 Å². The van der Waals surface area contributed by atoms with Crippen LogP contribution in [0.5, 0.6) is 0 Å². The maximum atomic E-state index is 13.0. The molecule has 0 radical (unpaired) electrons. The zero-order valence-electron chi connectivity index (χ0n) is 16.1. The summed E-state index contributed by atoms with van der Waals surface area (Å²) in [6.07, 6.45) is 3.22. The number of carbonyl (C=O) groups is 2. The van der Waals surface area contributed by atoms with Gasteiger partial charge in [-0.15, -0.1) is 11.3 Å². The molecule has 0 aliphatic carbocycles. The Hall–Kier alpha value is -2.14. The Morgan fingerprint density at radius 1 is 1.22 bits per heavy atom. The minimum Gasteiger partial charge on any atom is -0.344 e. The van der Waals surface area contributed by atoms with Crippen LogP contribution < -0.4 is 5.32 Å². The normalized spacial score (nSPS) is 18.1. The fourth-order valence-electron chi connectivity index (χ4n) is 3.62. The quantitative estimate of drug-likeness (QED) is 0.813. The van der Waals surface area contributed by atoms with E-state index in [9.17, 15) is 9.59 Å². The molecule has 27 heavy (non-hydrogen) atoms. The predicted octanol–water partition coefficient (Wildman–Crippen LogP) is 4.16. The van der Waals surface area contributed by atoms with Gasteiger partial charge >= 0.3 is 0 Å². The molecule has 2 aromatic rings. The Labute approximate surface area is 165 Å².